The Morgan fingerprint density at radius 1 is 1.32 bits per heavy atom. The molecule has 0 unspecified atom stereocenters. The Hall–Kier alpha value is -1.66. The van der Waals surface area contributed by atoms with Gasteiger partial charge in [-0.25, -0.2) is 4.39 Å². The van der Waals surface area contributed by atoms with E-state index in [1.165, 1.54) is 11.0 Å². The normalized spacial score (nSPS) is 11.0. The number of carbonyl (C=O) groups is 1. The van der Waals surface area contributed by atoms with Crippen molar-refractivity contribution in [3.8, 4) is 0 Å². The van der Waals surface area contributed by atoms with Crippen molar-refractivity contribution < 1.29 is 14.3 Å². The van der Waals surface area contributed by atoms with Crippen molar-refractivity contribution in [1.29, 1.82) is 0 Å². The van der Waals surface area contributed by atoms with E-state index < -0.39 is 11.8 Å². The highest BCUT2D eigenvalue weighted by atomic mass is 19.1. The Kier molecular flexibility index (Phi) is 7.84. The SMILES string of the molecule is CCN(CC)CCNCc1ccc(F)c(N(C)CC(=O)O)c1. The summed E-state index contributed by atoms with van der Waals surface area (Å²) in [6.07, 6.45) is 0. The molecule has 6 heteroatoms. The van der Waals surface area contributed by atoms with Gasteiger partial charge in [0.25, 0.3) is 0 Å². The molecule has 124 valence electrons. The number of carboxylic acids is 1. The fourth-order valence-corrected chi connectivity index (χ4v) is 2.26. The Morgan fingerprint density at radius 3 is 2.59 bits per heavy atom. The number of benzene rings is 1. The van der Waals surface area contributed by atoms with Crippen LogP contribution in [-0.2, 0) is 11.3 Å². The molecule has 0 aliphatic rings. The zero-order valence-corrected chi connectivity index (χ0v) is 13.6. The van der Waals surface area contributed by atoms with Crippen molar-refractivity contribution in [2.45, 2.75) is 20.4 Å². The number of rotatable bonds is 10. The van der Waals surface area contributed by atoms with Gasteiger partial charge in [0.2, 0.25) is 0 Å². The zero-order chi connectivity index (χ0) is 16.5. The minimum Gasteiger partial charge on any atom is -0.480 e. The predicted octanol–water partition coefficient (Wildman–Crippen LogP) is 1.78. The molecule has 0 fully saturated rings. The molecule has 0 amide bonds. The van der Waals surface area contributed by atoms with E-state index in [0.29, 0.717) is 12.2 Å². The number of anilines is 1. The standard InChI is InChI=1S/C16H26FN3O2/c1-4-20(5-2)9-8-18-11-13-6-7-14(17)15(10-13)19(3)12-16(21)22/h6-7,10,18H,4-5,8-9,11-12H2,1-3H3,(H,21,22). The second-order valence-electron chi connectivity index (χ2n) is 5.24. The van der Waals surface area contributed by atoms with E-state index in [9.17, 15) is 9.18 Å². The average molecular weight is 311 g/mol. The molecule has 1 aromatic carbocycles. The van der Waals surface area contributed by atoms with E-state index in [1.807, 2.05) is 0 Å². The van der Waals surface area contributed by atoms with E-state index in [1.54, 1.807) is 19.2 Å². The first kappa shape index (κ1) is 18.4. The molecule has 0 heterocycles. The van der Waals surface area contributed by atoms with Crippen LogP contribution in [0.15, 0.2) is 18.2 Å². The van der Waals surface area contributed by atoms with Gasteiger partial charge >= 0.3 is 5.97 Å². The van der Waals surface area contributed by atoms with Crippen molar-refractivity contribution in [2.24, 2.45) is 0 Å². The largest absolute Gasteiger partial charge is 0.480 e. The van der Waals surface area contributed by atoms with Crippen LogP contribution < -0.4 is 10.2 Å². The first-order valence-corrected chi connectivity index (χ1v) is 7.62. The van der Waals surface area contributed by atoms with Crippen molar-refractivity contribution in [3.05, 3.63) is 29.6 Å². The van der Waals surface area contributed by atoms with Crippen LogP contribution in [0.1, 0.15) is 19.4 Å². The molecule has 0 aromatic heterocycles. The first-order chi connectivity index (χ1) is 10.5. The van der Waals surface area contributed by atoms with Gasteiger partial charge in [0, 0.05) is 26.7 Å². The molecule has 2 N–H and O–H groups in total. The minimum atomic E-state index is -0.982. The summed E-state index contributed by atoms with van der Waals surface area (Å²) in [4.78, 5) is 14.5. The Bertz CT molecular complexity index is 478. The van der Waals surface area contributed by atoms with Gasteiger partial charge in [-0.1, -0.05) is 19.9 Å². The van der Waals surface area contributed by atoms with Crippen LogP contribution in [-0.4, -0.2) is 55.7 Å². The number of nitrogens with one attached hydrogen (secondary N) is 1. The summed E-state index contributed by atoms with van der Waals surface area (Å²) in [7, 11) is 1.57. The van der Waals surface area contributed by atoms with E-state index in [2.05, 4.69) is 24.1 Å². The number of hydrogen-bond donors (Lipinski definition) is 2. The van der Waals surface area contributed by atoms with Crippen LogP contribution in [0.3, 0.4) is 0 Å². The second-order valence-corrected chi connectivity index (χ2v) is 5.24. The van der Waals surface area contributed by atoms with Gasteiger partial charge in [-0.05, 0) is 30.8 Å². The van der Waals surface area contributed by atoms with E-state index in [4.69, 9.17) is 5.11 Å². The highest BCUT2D eigenvalue weighted by molar-refractivity contribution is 5.73. The van der Waals surface area contributed by atoms with Gasteiger partial charge in [0.1, 0.15) is 12.4 Å². The van der Waals surface area contributed by atoms with Crippen LogP contribution in [0.5, 0.6) is 0 Å². The fourth-order valence-electron chi connectivity index (χ4n) is 2.26. The van der Waals surface area contributed by atoms with E-state index in [0.717, 1.165) is 31.7 Å². The Balaban J connectivity index is 2.56. The summed E-state index contributed by atoms with van der Waals surface area (Å²) in [5.74, 6) is -1.39. The molecule has 0 atom stereocenters. The van der Waals surface area contributed by atoms with Gasteiger partial charge in [0.05, 0.1) is 5.69 Å². The van der Waals surface area contributed by atoms with Crippen LogP contribution in [0.4, 0.5) is 10.1 Å². The van der Waals surface area contributed by atoms with Crippen LogP contribution >= 0.6 is 0 Å². The number of halogens is 1. The lowest BCUT2D eigenvalue weighted by Crippen LogP contribution is -2.31. The van der Waals surface area contributed by atoms with Gasteiger partial charge in [-0.15, -0.1) is 0 Å². The molecule has 0 saturated heterocycles. The lowest BCUT2D eigenvalue weighted by atomic mass is 10.1. The number of nitrogens with zero attached hydrogens (tertiary/aromatic N) is 2. The molecule has 1 rings (SSSR count). The van der Waals surface area contributed by atoms with Crippen LogP contribution in [0.25, 0.3) is 0 Å². The van der Waals surface area contributed by atoms with Crippen molar-refractivity contribution in [3.63, 3.8) is 0 Å². The quantitative estimate of drug-likeness (QED) is 0.645. The molecule has 22 heavy (non-hydrogen) atoms. The average Bonchev–Trinajstić information content (AvgIpc) is 2.48. The summed E-state index contributed by atoms with van der Waals surface area (Å²) >= 11 is 0. The number of hydrogen-bond acceptors (Lipinski definition) is 4. The topological polar surface area (TPSA) is 55.8 Å². The summed E-state index contributed by atoms with van der Waals surface area (Å²) in [6, 6.07) is 4.80. The maximum atomic E-state index is 13.8. The van der Waals surface area contributed by atoms with Crippen LogP contribution in [0, 0.1) is 5.82 Å². The third-order valence-corrected chi connectivity index (χ3v) is 3.62. The van der Waals surface area contributed by atoms with Gasteiger partial charge in [0.15, 0.2) is 0 Å². The lowest BCUT2D eigenvalue weighted by Gasteiger charge is -2.19. The van der Waals surface area contributed by atoms with Crippen molar-refractivity contribution in [2.75, 3.05) is 44.7 Å². The van der Waals surface area contributed by atoms with Gasteiger partial charge < -0.3 is 20.2 Å². The number of carboxylic acid groups (broad SMARTS) is 1. The maximum absolute atomic E-state index is 13.8. The molecule has 0 spiro atoms. The fraction of sp³-hybridized carbons (Fsp3) is 0.562. The summed E-state index contributed by atoms with van der Waals surface area (Å²) in [5, 5.41) is 12.1. The van der Waals surface area contributed by atoms with E-state index >= 15 is 0 Å². The highest BCUT2D eigenvalue weighted by Crippen LogP contribution is 2.19. The molecule has 0 radical (unpaired) electrons. The second kappa shape index (κ2) is 9.38. The predicted molar refractivity (Wildman–Crippen MR) is 86.8 cm³/mol. The minimum absolute atomic E-state index is 0.226. The molecular weight excluding hydrogens is 285 g/mol. The smallest absolute Gasteiger partial charge is 0.323 e. The molecule has 0 bridgehead atoms. The molecular formula is C16H26FN3O2. The van der Waals surface area contributed by atoms with Crippen molar-refractivity contribution in [1.82, 2.24) is 10.2 Å². The summed E-state index contributed by atoms with van der Waals surface area (Å²) in [6.45, 7) is 8.56. The Morgan fingerprint density at radius 2 is 2.00 bits per heavy atom. The first-order valence-electron chi connectivity index (χ1n) is 7.62. The molecule has 1 aromatic rings. The lowest BCUT2D eigenvalue weighted by molar-refractivity contribution is -0.135. The molecule has 5 nitrogen and oxygen atoms in total. The molecule has 0 aliphatic carbocycles. The number of likely N-dealkylation sites (N-methyl/N-ethyl adjacent to an activating group) is 2. The van der Waals surface area contributed by atoms with Gasteiger partial charge in [-0.2, -0.15) is 0 Å². The third-order valence-electron chi connectivity index (χ3n) is 3.62. The third kappa shape index (κ3) is 5.99. The highest BCUT2D eigenvalue weighted by Gasteiger charge is 2.11. The van der Waals surface area contributed by atoms with Crippen LogP contribution in [0.2, 0.25) is 0 Å². The Labute approximate surface area is 131 Å². The maximum Gasteiger partial charge on any atom is 0.323 e. The monoisotopic (exact) mass is 311 g/mol. The van der Waals surface area contributed by atoms with E-state index in [-0.39, 0.29) is 6.54 Å². The zero-order valence-electron chi connectivity index (χ0n) is 13.6. The number of aliphatic carboxylic acids is 1. The van der Waals surface area contributed by atoms with Crippen molar-refractivity contribution >= 4 is 11.7 Å². The molecule has 0 saturated carbocycles. The summed E-state index contributed by atoms with van der Waals surface area (Å²) in [5.41, 5.74) is 1.25. The van der Waals surface area contributed by atoms with Gasteiger partial charge in [-0.3, -0.25) is 4.79 Å². The molecule has 0 aliphatic heterocycles. The summed E-state index contributed by atoms with van der Waals surface area (Å²) < 4.78 is 13.8.